The molecule has 1 aromatic carbocycles. The van der Waals surface area contributed by atoms with Crippen LogP contribution >= 0.6 is 0 Å². The maximum atomic E-state index is 9.72. The van der Waals surface area contributed by atoms with Crippen molar-refractivity contribution in [1.82, 2.24) is 10.1 Å². The monoisotopic (exact) mass is 263 g/mol. The topological polar surface area (TPSA) is 94.4 Å². The maximum Gasteiger partial charge on any atom is 0.255 e. The van der Waals surface area contributed by atoms with E-state index in [0.29, 0.717) is 25.4 Å². The van der Waals surface area contributed by atoms with Gasteiger partial charge >= 0.3 is 0 Å². The van der Waals surface area contributed by atoms with Crippen molar-refractivity contribution in [3.8, 4) is 17.1 Å². The summed E-state index contributed by atoms with van der Waals surface area (Å²) < 4.78 is 10.4. The van der Waals surface area contributed by atoms with Crippen LogP contribution in [-0.4, -0.2) is 28.4 Å². The SMILES string of the molecule is CCOc1cccc(-c2noc(C(O)CCN)n2)c1. The first-order chi connectivity index (χ1) is 9.24. The molecule has 0 fully saturated rings. The summed E-state index contributed by atoms with van der Waals surface area (Å²) in [6.45, 7) is 2.87. The van der Waals surface area contributed by atoms with Gasteiger partial charge in [-0.1, -0.05) is 17.3 Å². The van der Waals surface area contributed by atoms with Crippen molar-refractivity contribution in [3.05, 3.63) is 30.2 Å². The van der Waals surface area contributed by atoms with Crippen LogP contribution in [0, 0.1) is 0 Å². The van der Waals surface area contributed by atoms with Gasteiger partial charge in [-0.05, 0) is 32.0 Å². The van der Waals surface area contributed by atoms with Gasteiger partial charge in [-0.15, -0.1) is 0 Å². The summed E-state index contributed by atoms with van der Waals surface area (Å²) in [5, 5.41) is 13.6. The number of benzene rings is 1. The van der Waals surface area contributed by atoms with E-state index in [1.807, 2.05) is 31.2 Å². The summed E-state index contributed by atoms with van der Waals surface area (Å²) in [5.41, 5.74) is 6.15. The lowest BCUT2D eigenvalue weighted by molar-refractivity contribution is 0.127. The molecule has 0 saturated carbocycles. The summed E-state index contributed by atoms with van der Waals surface area (Å²) >= 11 is 0. The van der Waals surface area contributed by atoms with Crippen molar-refractivity contribution in [2.24, 2.45) is 5.73 Å². The molecule has 6 nitrogen and oxygen atoms in total. The fourth-order valence-corrected chi connectivity index (χ4v) is 1.66. The lowest BCUT2D eigenvalue weighted by Crippen LogP contribution is -2.06. The molecular weight excluding hydrogens is 246 g/mol. The smallest absolute Gasteiger partial charge is 0.255 e. The number of hydrogen-bond donors (Lipinski definition) is 2. The van der Waals surface area contributed by atoms with E-state index in [2.05, 4.69) is 10.1 Å². The molecule has 1 atom stereocenters. The molecule has 0 spiro atoms. The Hall–Kier alpha value is -1.92. The Labute approximate surface area is 111 Å². The number of nitrogens with two attached hydrogens (primary N) is 1. The van der Waals surface area contributed by atoms with E-state index in [1.165, 1.54) is 0 Å². The van der Waals surface area contributed by atoms with Crippen LogP contribution in [0.5, 0.6) is 5.75 Å². The van der Waals surface area contributed by atoms with Crippen molar-refractivity contribution in [3.63, 3.8) is 0 Å². The first-order valence-electron chi connectivity index (χ1n) is 6.19. The van der Waals surface area contributed by atoms with Gasteiger partial charge in [0.05, 0.1) is 6.61 Å². The Morgan fingerprint density at radius 3 is 3.05 bits per heavy atom. The van der Waals surface area contributed by atoms with E-state index < -0.39 is 6.10 Å². The van der Waals surface area contributed by atoms with Crippen LogP contribution in [0.1, 0.15) is 25.3 Å². The highest BCUT2D eigenvalue weighted by molar-refractivity contribution is 5.56. The van der Waals surface area contributed by atoms with Crippen LogP contribution in [0.2, 0.25) is 0 Å². The fourth-order valence-electron chi connectivity index (χ4n) is 1.66. The summed E-state index contributed by atoms with van der Waals surface area (Å²) in [6, 6.07) is 7.39. The average Bonchev–Trinajstić information content (AvgIpc) is 2.89. The van der Waals surface area contributed by atoms with Crippen LogP contribution in [0.3, 0.4) is 0 Å². The van der Waals surface area contributed by atoms with Crippen molar-refractivity contribution in [2.75, 3.05) is 13.2 Å². The zero-order valence-corrected chi connectivity index (χ0v) is 10.7. The second-order valence-electron chi connectivity index (χ2n) is 4.01. The Bertz CT molecular complexity index is 527. The zero-order valence-electron chi connectivity index (χ0n) is 10.7. The van der Waals surface area contributed by atoms with Crippen molar-refractivity contribution in [2.45, 2.75) is 19.4 Å². The number of aliphatic hydroxyl groups is 1. The molecule has 1 aromatic heterocycles. The second-order valence-corrected chi connectivity index (χ2v) is 4.01. The molecule has 2 aromatic rings. The van der Waals surface area contributed by atoms with Crippen LogP contribution in [0.15, 0.2) is 28.8 Å². The third-order valence-electron chi connectivity index (χ3n) is 2.57. The molecular formula is C13H17N3O3. The van der Waals surface area contributed by atoms with Gasteiger partial charge in [0.2, 0.25) is 5.82 Å². The highest BCUT2D eigenvalue weighted by Crippen LogP contribution is 2.23. The fraction of sp³-hybridized carbons (Fsp3) is 0.385. The summed E-state index contributed by atoms with van der Waals surface area (Å²) in [5.74, 6) is 1.35. The molecule has 102 valence electrons. The summed E-state index contributed by atoms with van der Waals surface area (Å²) in [4.78, 5) is 4.16. The molecule has 0 aliphatic rings. The standard InChI is InChI=1S/C13H17N3O3/c1-2-18-10-5-3-4-9(8-10)12-15-13(19-16-12)11(17)6-7-14/h3-5,8,11,17H,2,6-7,14H2,1H3. The van der Waals surface area contributed by atoms with Crippen LogP contribution < -0.4 is 10.5 Å². The molecule has 0 saturated heterocycles. The van der Waals surface area contributed by atoms with E-state index in [9.17, 15) is 5.11 Å². The van der Waals surface area contributed by atoms with Gasteiger partial charge in [-0.3, -0.25) is 0 Å². The maximum absolute atomic E-state index is 9.72. The van der Waals surface area contributed by atoms with E-state index in [1.54, 1.807) is 0 Å². The van der Waals surface area contributed by atoms with Crippen LogP contribution in [-0.2, 0) is 0 Å². The van der Waals surface area contributed by atoms with Crippen molar-refractivity contribution in [1.29, 1.82) is 0 Å². The molecule has 3 N–H and O–H groups in total. The van der Waals surface area contributed by atoms with Crippen LogP contribution in [0.4, 0.5) is 0 Å². The zero-order chi connectivity index (χ0) is 13.7. The number of ether oxygens (including phenoxy) is 1. The molecule has 0 radical (unpaired) electrons. The van der Waals surface area contributed by atoms with E-state index >= 15 is 0 Å². The normalized spacial score (nSPS) is 12.4. The summed E-state index contributed by atoms with van der Waals surface area (Å²) in [7, 11) is 0. The molecule has 1 heterocycles. The van der Waals surface area contributed by atoms with Gasteiger partial charge in [0.15, 0.2) is 0 Å². The molecule has 6 heteroatoms. The average molecular weight is 263 g/mol. The third kappa shape index (κ3) is 3.30. The number of nitrogens with zero attached hydrogens (tertiary/aromatic N) is 2. The van der Waals surface area contributed by atoms with E-state index in [0.717, 1.165) is 11.3 Å². The first kappa shape index (κ1) is 13.5. The highest BCUT2D eigenvalue weighted by atomic mass is 16.5. The lowest BCUT2D eigenvalue weighted by Gasteiger charge is -2.03. The minimum atomic E-state index is -0.818. The van der Waals surface area contributed by atoms with Gasteiger partial charge in [0, 0.05) is 5.56 Å². The molecule has 19 heavy (non-hydrogen) atoms. The second kappa shape index (κ2) is 6.31. The Balaban J connectivity index is 2.20. The number of hydrogen-bond acceptors (Lipinski definition) is 6. The molecule has 0 aliphatic carbocycles. The Morgan fingerprint density at radius 2 is 2.32 bits per heavy atom. The minimum absolute atomic E-state index is 0.183. The molecule has 2 rings (SSSR count). The largest absolute Gasteiger partial charge is 0.494 e. The quantitative estimate of drug-likeness (QED) is 0.820. The third-order valence-corrected chi connectivity index (χ3v) is 2.57. The van der Waals surface area contributed by atoms with Gasteiger partial charge in [0.1, 0.15) is 11.9 Å². The van der Waals surface area contributed by atoms with Gasteiger partial charge in [-0.2, -0.15) is 4.98 Å². The predicted octanol–water partition coefficient (Wildman–Crippen LogP) is 1.52. The van der Waals surface area contributed by atoms with Gasteiger partial charge in [0.25, 0.3) is 5.89 Å². The molecule has 0 aliphatic heterocycles. The van der Waals surface area contributed by atoms with E-state index in [4.69, 9.17) is 15.0 Å². The lowest BCUT2D eigenvalue weighted by atomic mass is 10.2. The Kier molecular flexibility index (Phi) is 4.48. The Morgan fingerprint density at radius 1 is 1.47 bits per heavy atom. The summed E-state index contributed by atoms with van der Waals surface area (Å²) in [6.07, 6.45) is -0.429. The van der Waals surface area contributed by atoms with Crippen LogP contribution in [0.25, 0.3) is 11.4 Å². The van der Waals surface area contributed by atoms with E-state index in [-0.39, 0.29) is 5.89 Å². The predicted molar refractivity (Wildman–Crippen MR) is 69.5 cm³/mol. The van der Waals surface area contributed by atoms with Crippen molar-refractivity contribution >= 4 is 0 Å². The van der Waals surface area contributed by atoms with Crippen molar-refractivity contribution < 1.29 is 14.4 Å². The minimum Gasteiger partial charge on any atom is -0.494 e. The number of rotatable bonds is 6. The van der Waals surface area contributed by atoms with Gasteiger partial charge < -0.3 is 20.1 Å². The molecule has 0 amide bonds. The molecule has 1 unspecified atom stereocenters. The number of aromatic nitrogens is 2. The first-order valence-corrected chi connectivity index (χ1v) is 6.19. The number of aliphatic hydroxyl groups excluding tert-OH is 1. The van der Waals surface area contributed by atoms with Gasteiger partial charge in [-0.25, -0.2) is 0 Å². The highest BCUT2D eigenvalue weighted by Gasteiger charge is 2.16. The molecule has 0 bridgehead atoms.